The first-order valence-electron chi connectivity index (χ1n) is 10.6. The average molecular weight is 441 g/mol. The minimum Gasteiger partial charge on any atom is -0.496 e. The van der Waals surface area contributed by atoms with Crippen molar-refractivity contribution in [1.82, 2.24) is 15.1 Å². The van der Waals surface area contributed by atoms with Crippen LogP contribution in [0.5, 0.6) is 17.2 Å². The van der Waals surface area contributed by atoms with Gasteiger partial charge in [0.05, 0.1) is 24.4 Å². The van der Waals surface area contributed by atoms with Crippen LogP contribution in [-0.4, -0.2) is 29.6 Å². The summed E-state index contributed by atoms with van der Waals surface area (Å²) in [7, 11) is 1.61. The summed E-state index contributed by atoms with van der Waals surface area (Å²) >= 11 is 0. The molecule has 0 radical (unpaired) electrons. The van der Waals surface area contributed by atoms with E-state index in [1.165, 1.54) is 0 Å². The molecular weight excluding hydrogens is 418 g/mol. The van der Waals surface area contributed by atoms with E-state index in [-0.39, 0.29) is 18.7 Å². The van der Waals surface area contributed by atoms with E-state index in [1.807, 2.05) is 79.7 Å². The van der Waals surface area contributed by atoms with Gasteiger partial charge in [0.2, 0.25) is 6.79 Å². The van der Waals surface area contributed by atoms with Crippen molar-refractivity contribution in [2.75, 3.05) is 13.9 Å². The van der Waals surface area contributed by atoms with Gasteiger partial charge in [0, 0.05) is 11.8 Å². The summed E-state index contributed by atoms with van der Waals surface area (Å²) in [6, 6.07) is 22.6. The maximum absolute atomic E-state index is 13.4. The molecule has 1 atom stereocenters. The normalized spacial score (nSPS) is 12.9. The summed E-state index contributed by atoms with van der Waals surface area (Å²) in [6.07, 6.45) is 1.75. The Labute approximate surface area is 191 Å². The van der Waals surface area contributed by atoms with Gasteiger partial charge in [0.15, 0.2) is 11.5 Å². The van der Waals surface area contributed by atoms with E-state index in [1.54, 1.807) is 18.0 Å². The second-order valence-corrected chi connectivity index (χ2v) is 7.68. The van der Waals surface area contributed by atoms with Crippen molar-refractivity contribution in [3.63, 3.8) is 0 Å². The lowest BCUT2D eigenvalue weighted by Crippen LogP contribution is -2.26. The van der Waals surface area contributed by atoms with Crippen LogP contribution >= 0.6 is 0 Å². The van der Waals surface area contributed by atoms with Gasteiger partial charge < -0.3 is 19.5 Å². The Kier molecular flexibility index (Phi) is 5.44. The number of para-hydroxylation sites is 2. The van der Waals surface area contributed by atoms with E-state index < -0.39 is 0 Å². The Morgan fingerprint density at radius 1 is 1.03 bits per heavy atom. The monoisotopic (exact) mass is 441 g/mol. The minimum atomic E-state index is -0.252. The number of carbonyl (C=O) groups excluding carboxylic acids is 1. The molecule has 33 heavy (non-hydrogen) atoms. The van der Waals surface area contributed by atoms with Gasteiger partial charge in [0.1, 0.15) is 11.4 Å². The van der Waals surface area contributed by atoms with E-state index in [0.29, 0.717) is 28.5 Å². The molecule has 0 aliphatic carbocycles. The van der Waals surface area contributed by atoms with Crippen molar-refractivity contribution < 1.29 is 19.0 Å². The van der Waals surface area contributed by atoms with Gasteiger partial charge in [-0.25, -0.2) is 4.68 Å². The van der Waals surface area contributed by atoms with E-state index in [0.717, 1.165) is 16.8 Å². The van der Waals surface area contributed by atoms with Gasteiger partial charge in [0.25, 0.3) is 5.91 Å². The Morgan fingerprint density at radius 2 is 1.79 bits per heavy atom. The summed E-state index contributed by atoms with van der Waals surface area (Å²) in [6.45, 7) is 2.14. The Bertz CT molecular complexity index is 1300. The first kappa shape index (κ1) is 20.6. The lowest BCUT2D eigenvalue weighted by Gasteiger charge is -2.15. The molecule has 4 aromatic rings. The fraction of sp³-hybridized carbons (Fsp3) is 0.154. The van der Waals surface area contributed by atoms with Crippen LogP contribution in [0.1, 0.15) is 28.9 Å². The SMILES string of the molecule is COc1ccccc1-c1nn(-c2ccccc2)cc1C(=O)NC(C)c1ccc2c(c1)OCO2. The molecule has 0 spiro atoms. The second-order valence-electron chi connectivity index (χ2n) is 7.68. The fourth-order valence-electron chi connectivity index (χ4n) is 3.83. The van der Waals surface area contributed by atoms with Crippen molar-refractivity contribution in [3.8, 4) is 34.2 Å². The van der Waals surface area contributed by atoms with Crippen LogP contribution in [-0.2, 0) is 0 Å². The summed E-state index contributed by atoms with van der Waals surface area (Å²) in [5, 5.41) is 7.83. The maximum Gasteiger partial charge on any atom is 0.255 e. The molecule has 1 N–H and O–H groups in total. The van der Waals surface area contributed by atoms with Crippen molar-refractivity contribution in [2.24, 2.45) is 0 Å². The predicted molar refractivity (Wildman–Crippen MR) is 124 cm³/mol. The van der Waals surface area contributed by atoms with Gasteiger partial charge in [-0.2, -0.15) is 5.10 Å². The van der Waals surface area contributed by atoms with Crippen molar-refractivity contribution >= 4 is 5.91 Å². The Morgan fingerprint density at radius 3 is 2.61 bits per heavy atom. The molecule has 7 nitrogen and oxygen atoms in total. The quantitative estimate of drug-likeness (QED) is 0.467. The number of aromatic nitrogens is 2. The highest BCUT2D eigenvalue weighted by Gasteiger charge is 2.23. The number of methoxy groups -OCH3 is 1. The van der Waals surface area contributed by atoms with E-state index in [9.17, 15) is 4.79 Å². The van der Waals surface area contributed by atoms with Gasteiger partial charge >= 0.3 is 0 Å². The number of benzene rings is 3. The van der Waals surface area contributed by atoms with Crippen LogP contribution in [0.25, 0.3) is 16.9 Å². The van der Waals surface area contributed by atoms with Crippen LogP contribution < -0.4 is 19.5 Å². The number of rotatable bonds is 6. The van der Waals surface area contributed by atoms with Gasteiger partial charge in [-0.15, -0.1) is 0 Å². The topological polar surface area (TPSA) is 74.6 Å². The standard InChI is InChI=1S/C26H23N3O4/c1-17(18-12-13-23-24(14-18)33-16-32-23)27-26(30)21-15-29(19-8-4-3-5-9-19)28-25(21)20-10-6-7-11-22(20)31-2/h3-15,17H,16H2,1-2H3,(H,27,30). The molecule has 2 heterocycles. The first-order valence-corrected chi connectivity index (χ1v) is 10.6. The lowest BCUT2D eigenvalue weighted by molar-refractivity contribution is 0.0940. The molecule has 3 aromatic carbocycles. The van der Waals surface area contributed by atoms with Crippen molar-refractivity contribution in [1.29, 1.82) is 0 Å². The number of nitrogens with zero attached hydrogens (tertiary/aromatic N) is 2. The maximum atomic E-state index is 13.4. The van der Waals surface area contributed by atoms with Gasteiger partial charge in [-0.05, 0) is 48.9 Å². The molecule has 0 bridgehead atoms. The zero-order valence-corrected chi connectivity index (χ0v) is 18.3. The molecule has 0 saturated carbocycles. The third-order valence-corrected chi connectivity index (χ3v) is 5.59. The molecule has 0 fully saturated rings. The minimum absolute atomic E-state index is 0.209. The van der Waals surface area contributed by atoms with Crippen LogP contribution in [0, 0.1) is 0 Å². The summed E-state index contributed by atoms with van der Waals surface area (Å²) in [4.78, 5) is 13.4. The van der Waals surface area contributed by atoms with E-state index >= 15 is 0 Å². The molecule has 5 rings (SSSR count). The molecular formula is C26H23N3O4. The predicted octanol–water partition coefficient (Wildman–Crippen LogP) is 4.77. The third kappa shape index (κ3) is 4.01. The molecule has 1 aliphatic heterocycles. The molecule has 1 amide bonds. The smallest absolute Gasteiger partial charge is 0.255 e. The second kappa shape index (κ2) is 8.70. The van der Waals surface area contributed by atoms with E-state index in [4.69, 9.17) is 19.3 Å². The Hall–Kier alpha value is -4.26. The molecule has 1 unspecified atom stereocenters. The lowest BCUT2D eigenvalue weighted by atomic mass is 10.0. The molecule has 1 aromatic heterocycles. The number of nitrogens with one attached hydrogen (secondary N) is 1. The van der Waals surface area contributed by atoms with Crippen LogP contribution in [0.3, 0.4) is 0 Å². The highest BCUT2D eigenvalue weighted by molar-refractivity contribution is 6.00. The first-order chi connectivity index (χ1) is 16.1. The largest absolute Gasteiger partial charge is 0.496 e. The summed E-state index contributed by atoms with van der Waals surface area (Å²) in [5.74, 6) is 1.80. The fourth-order valence-corrected chi connectivity index (χ4v) is 3.83. The number of amides is 1. The van der Waals surface area contributed by atoms with Gasteiger partial charge in [-0.1, -0.05) is 36.4 Å². The van der Waals surface area contributed by atoms with Crippen LogP contribution in [0.4, 0.5) is 0 Å². The number of hydrogen-bond acceptors (Lipinski definition) is 5. The number of carbonyl (C=O) groups is 1. The summed E-state index contributed by atoms with van der Waals surface area (Å²) < 4.78 is 18.1. The molecule has 0 saturated heterocycles. The summed E-state index contributed by atoms with van der Waals surface area (Å²) in [5.41, 5.74) is 3.52. The van der Waals surface area contributed by atoms with Crippen molar-refractivity contribution in [3.05, 3.63) is 90.1 Å². The zero-order valence-electron chi connectivity index (χ0n) is 18.3. The Balaban J connectivity index is 1.50. The zero-order chi connectivity index (χ0) is 22.8. The number of fused-ring (bicyclic) bond motifs is 1. The van der Waals surface area contributed by atoms with Crippen LogP contribution in [0.15, 0.2) is 79.0 Å². The molecule has 1 aliphatic rings. The third-order valence-electron chi connectivity index (χ3n) is 5.59. The average Bonchev–Trinajstić information content (AvgIpc) is 3.51. The van der Waals surface area contributed by atoms with Crippen molar-refractivity contribution in [2.45, 2.75) is 13.0 Å². The van der Waals surface area contributed by atoms with Crippen LogP contribution in [0.2, 0.25) is 0 Å². The van der Waals surface area contributed by atoms with E-state index in [2.05, 4.69) is 5.32 Å². The molecule has 7 heteroatoms. The molecule has 166 valence electrons. The number of ether oxygens (including phenoxy) is 3. The highest BCUT2D eigenvalue weighted by atomic mass is 16.7. The van der Waals surface area contributed by atoms with Gasteiger partial charge in [-0.3, -0.25) is 4.79 Å². The number of hydrogen-bond donors (Lipinski definition) is 1. The highest BCUT2D eigenvalue weighted by Crippen LogP contribution is 2.35.